The summed E-state index contributed by atoms with van der Waals surface area (Å²) in [6, 6.07) is 0. The summed E-state index contributed by atoms with van der Waals surface area (Å²) in [5, 5.41) is 8.52. The number of aliphatic carboxylic acids is 1. The number of carbonyl (C=O) groups is 4. The maximum Gasteiger partial charge on any atom is 0.332 e. The van der Waals surface area contributed by atoms with Gasteiger partial charge in [0.25, 0.3) is 0 Å². The van der Waals surface area contributed by atoms with Crippen molar-refractivity contribution in [2.45, 2.75) is 59.0 Å². The molecule has 0 aliphatic carbocycles. The quantitative estimate of drug-likeness (QED) is 0.377. The van der Waals surface area contributed by atoms with E-state index in [1.807, 2.05) is 13.8 Å². The molecule has 22 heavy (non-hydrogen) atoms. The van der Waals surface area contributed by atoms with Gasteiger partial charge in [0.1, 0.15) is 0 Å². The zero-order chi connectivity index (χ0) is 17.3. The summed E-state index contributed by atoms with van der Waals surface area (Å²) in [7, 11) is 0. The Morgan fingerprint density at radius 3 is 2.00 bits per heavy atom. The molecule has 1 unspecified atom stereocenters. The maximum absolute atomic E-state index is 12.1. The number of carbonyl (C=O) groups excluding carboxylic acids is 3. The van der Waals surface area contributed by atoms with Gasteiger partial charge in [0, 0.05) is 18.1 Å². The first kappa shape index (κ1) is 20.0. The van der Waals surface area contributed by atoms with E-state index in [0.29, 0.717) is 25.0 Å². The van der Waals surface area contributed by atoms with Crippen molar-refractivity contribution in [2.75, 3.05) is 0 Å². The lowest BCUT2D eigenvalue weighted by Crippen LogP contribution is -2.54. The van der Waals surface area contributed by atoms with Gasteiger partial charge in [-0.3, -0.25) is 9.59 Å². The van der Waals surface area contributed by atoms with Crippen molar-refractivity contribution < 1.29 is 29.0 Å². The molecule has 0 fully saturated rings. The Hall–Kier alpha value is -1.98. The number of hydrogen-bond donors (Lipinski definition) is 1. The van der Waals surface area contributed by atoms with Crippen LogP contribution in [0.15, 0.2) is 12.2 Å². The van der Waals surface area contributed by atoms with Gasteiger partial charge >= 0.3 is 11.9 Å². The van der Waals surface area contributed by atoms with Crippen LogP contribution in [-0.2, 0) is 23.9 Å². The molecule has 0 heterocycles. The molecule has 6 nitrogen and oxygen atoms in total. The second-order valence-electron chi connectivity index (χ2n) is 5.19. The molecule has 0 aromatic heterocycles. The second-order valence-corrected chi connectivity index (χ2v) is 5.19. The molecule has 0 radical (unpaired) electrons. The fraction of sp³-hybridized carbons (Fsp3) is 0.625. The summed E-state index contributed by atoms with van der Waals surface area (Å²) in [4.78, 5) is 46.4. The standard InChI is InChI=1S/C16H24O6/c1-5-7-8-13(6-2)16(11(3)17,12(4)18)22-15(21)10-9-14(19)20/h9-10,13H,5-8H2,1-4H3,(H,19,20). The number of carboxylic acid groups (broad SMARTS) is 1. The molecule has 0 bridgehead atoms. The number of ether oxygens (including phenoxy) is 1. The average Bonchev–Trinajstić information content (AvgIpc) is 2.43. The number of carboxylic acids is 1. The third-order valence-electron chi connectivity index (χ3n) is 3.64. The largest absolute Gasteiger partial charge is 0.478 e. The van der Waals surface area contributed by atoms with Gasteiger partial charge < -0.3 is 9.84 Å². The molecule has 0 aromatic rings. The number of ketones is 2. The maximum atomic E-state index is 12.1. The van der Waals surface area contributed by atoms with Crippen LogP contribution in [-0.4, -0.2) is 34.2 Å². The molecule has 0 saturated carbocycles. The van der Waals surface area contributed by atoms with Crippen LogP contribution in [0, 0.1) is 5.92 Å². The first-order valence-corrected chi connectivity index (χ1v) is 7.38. The summed E-state index contributed by atoms with van der Waals surface area (Å²) >= 11 is 0. The van der Waals surface area contributed by atoms with Crippen LogP contribution in [0.3, 0.4) is 0 Å². The highest BCUT2D eigenvalue weighted by Crippen LogP contribution is 2.32. The van der Waals surface area contributed by atoms with Crippen molar-refractivity contribution in [3.63, 3.8) is 0 Å². The highest BCUT2D eigenvalue weighted by molar-refractivity contribution is 6.10. The van der Waals surface area contributed by atoms with Gasteiger partial charge in [-0.2, -0.15) is 0 Å². The Bertz CT molecular complexity index is 449. The monoisotopic (exact) mass is 312 g/mol. The molecule has 0 aromatic carbocycles. The highest BCUT2D eigenvalue weighted by atomic mass is 16.6. The van der Waals surface area contributed by atoms with E-state index in [1.54, 1.807) is 0 Å². The smallest absolute Gasteiger partial charge is 0.332 e. The van der Waals surface area contributed by atoms with Gasteiger partial charge in [-0.1, -0.05) is 26.7 Å². The Morgan fingerprint density at radius 1 is 1.09 bits per heavy atom. The molecular weight excluding hydrogens is 288 g/mol. The Kier molecular flexibility index (Phi) is 8.30. The predicted octanol–water partition coefficient (Wildman–Crippen LogP) is 2.30. The predicted molar refractivity (Wildman–Crippen MR) is 80.3 cm³/mol. The van der Waals surface area contributed by atoms with E-state index in [2.05, 4.69) is 0 Å². The van der Waals surface area contributed by atoms with Gasteiger partial charge in [-0.05, 0) is 26.7 Å². The summed E-state index contributed by atoms with van der Waals surface area (Å²) in [5.74, 6) is -3.83. The minimum absolute atomic E-state index is 0.426. The molecule has 0 rings (SSSR count). The number of esters is 1. The fourth-order valence-corrected chi connectivity index (χ4v) is 2.53. The molecule has 1 N–H and O–H groups in total. The van der Waals surface area contributed by atoms with Gasteiger partial charge in [0.2, 0.25) is 5.60 Å². The van der Waals surface area contributed by atoms with E-state index in [-0.39, 0.29) is 0 Å². The normalized spacial score (nSPS) is 12.9. The fourth-order valence-electron chi connectivity index (χ4n) is 2.53. The lowest BCUT2D eigenvalue weighted by molar-refractivity contribution is -0.175. The van der Waals surface area contributed by atoms with Crippen LogP contribution in [0.5, 0.6) is 0 Å². The van der Waals surface area contributed by atoms with Crippen molar-refractivity contribution in [3.8, 4) is 0 Å². The lowest BCUT2D eigenvalue weighted by Gasteiger charge is -2.35. The molecule has 0 spiro atoms. The Balaban J connectivity index is 5.58. The molecule has 0 aliphatic heterocycles. The summed E-state index contributed by atoms with van der Waals surface area (Å²) in [6.45, 7) is 6.23. The highest BCUT2D eigenvalue weighted by Gasteiger charge is 2.50. The number of hydrogen-bond acceptors (Lipinski definition) is 5. The minimum atomic E-state index is -1.84. The molecular formula is C16H24O6. The first-order valence-electron chi connectivity index (χ1n) is 7.38. The Labute approximate surface area is 130 Å². The van der Waals surface area contributed by atoms with Crippen molar-refractivity contribution in [3.05, 3.63) is 12.2 Å². The van der Waals surface area contributed by atoms with Crippen LogP contribution in [0.1, 0.15) is 53.4 Å². The van der Waals surface area contributed by atoms with Gasteiger partial charge in [0.15, 0.2) is 11.6 Å². The van der Waals surface area contributed by atoms with E-state index in [4.69, 9.17) is 9.84 Å². The zero-order valence-corrected chi connectivity index (χ0v) is 13.5. The topological polar surface area (TPSA) is 97.7 Å². The van der Waals surface area contributed by atoms with Crippen LogP contribution in [0.25, 0.3) is 0 Å². The van der Waals surface area contributed by atoms with Crippen molar-refractivity contribution in [1.82, 2.24) is 0 Å². The average molecular weight is 312 g/mol. The molecule has 0 aliphatic rings. The van der Waals surface area contributed by atoms with E-state index in [9.17, 15) is 19.2 Å². The summed E-state index contributed by atoms with van der Waals surface area (Å²) in [6.07, 6.45) is 4.06. The number of unbranched alkanes of at least 4 members (excludes halogenated alkanes) is 1. The van der Waals surface area contributed by atoms with Crippen LogP contribution in [0.4, 0.5) is 0 Å². The number of rotatable bonds is 10. The molecule has 6 heteroatoms. The zero-order valence-electron chi connectivity index (χ0n) is 13.5. The third kappa shape index (κ3) is 5.09. The van der Waals surface area contributed by atoms with E-state index in [0.717, 1.165) is 12.8 Å². The first-order chi connectivity index (χ1) is 10.2. The summed E-state index contributed by atoms with van der Waals surface area (Å²) in [5.41, 5.74) is -1.84. The van der Waals surface area contributed by atoms with E-state index < -0.39 is 35.0 Å². The molecule has 0 amide bonds. The van der Waals surface area contributed by atoms with Gasteiger partial charge in [0.05, 0.1) is 0 Å². The molecule has 0 saturated heterocycles. The lowest BCUT2D eigenvalue weighted by atomic mass is 9.76. The Morgan fingerprint density at radius 2 is 1.64 bits per heavy atom. The molecule has 124 valence electrons. The number of Topliss-reactive ketones (excluding diaryl/α,β-unsaturated/α-hetero) is 2. The van der Waals surface area contributed by atoms with Crippen LogP contribution >= 0.6 is 0 Å². The third-order valence-corrected chi connectivity index (χ3v) is 3.64. The van der Waals surface area contributed by atoms with Crippen LogP contribution < -0.4 is 0 Å². The van der Waals surface area contributed by atoms with Crippen molar-refractivity contribution in [2.24, 2.45) is 5.92 Å². The SMILES string of the molecule is CCCCC(CC)C(OC(=O)C=CC(=O)O)(C(C)=O)C(C)=O. The van der Waals surface area contributed by atoms with Crippen molar-refractivity contribution >= 4 is 23.5 Å². The van der Waals surface area contributed by atoms with Gasteiger partial charge in [-0.25, -0.2) is 9.59 Å². The van der Waals surface area contributed by atoms with Crippen LogP contribution in [0.2, 0.25) is 0 Å². The van der Waals surface area contributed by atoms with E-state index >= 15 is 0 Å². The molecule has 1 atom stereocenters. The minimum Gasteiger partial charge on any atom is -0.478 e. The van der Waals surface area contributed by atoms with Gasteiger partial charge in [-0.15, -0.1) is 0 Å². The second kappa shape index (κ2) is 9.12. The summed E-state index contributed by atoms with van der Waals surface area (Å²) < 4.78 is 5.17. The van der Waals surface area contributed by atoms with Crippen molar-refractivity contribution in [1.29, 1.82) is 0 Å². The van der Waals surface area contributed by atoms with E-state index in [1.165, 1.54) is 13.8 Å².